The van der Waals surface area contributed by atoms with Crippen LogP contribution in [0.3, 0.4) is 0 Å². The molecule has 0 aliphatic heterocycles. The van der Waals surface area contributed by atoms with Crippen LogP contribution in [0.15, 0.2) is 40.2 Å². The van der Waals surface area contributed by atoms with Crippen molar-refractivity contribution in [3.63, 3.8) is 0 Å². The molecule has 84 valence electrons. The van der Waals surface area contributed by atoms with Gasteiger partial charge in [-0.15, -0.1) is 11.3 Å². The van der Waals surface area contributed by atoms with Crippen LogP contribution in [0, 0.1) is 0 Å². The Hall–Kier alpha value is -0.350. The van der Waals surface area contributed by atoms with Gasteiger partial charge in [-0.25, -0.2) is 0 Å². The third-order valence-corrected chi connectivity index (χ3v) is 3.89. The van der Waals surface area contributed by atoms with E-state index in [4.69, 9.17) is 17.3 Å². The van der Waals surface area contributed by atoms with Crippen molar-refractivity contribution >= 4 is 38.9 Å². The van der Waals surface area contributed by atoms with E-state index in [0.717, 1.165) is 16.5 Å². The zero-order chi connectivity index (χ0) is 11.5. The minimum atomic E-state index is -0.00588. The Kier molecular flexibility index (Phi) is 4.03. The third-order valence-electron chi connectivity index (χ3n) is 2.31. The van der Waals surface area contributed by atoms with Gasteiger partial charge in [0.15, 0.2) is 0 Å². The Morgan fingerprint density at radius 1 is 1.38 bits per heavy atom. The molecular formula is C12H11BrClNS. The fourth-order valence-corrected chi connectivity index (χ4v) is 3.20. The van der Waals surface area contributed by atoms with E-state index < -0.39 is 0 Å². The monoisotopic (exact) mass is 315 g/mol. The van der Waals surface area contributed by atoms with E-state index in [1.807, 2.05) is 24.3 Å². The maximum absolute atomic E-state index is 6.15. The fourth-order valence-electron chi connectivity index (χ4n) is 1.55. The minimum absolute atomic E-state index is 0.00588. The fraction of sp³-hybridized carbons (Fsp3) is 0.167. The lowest BCUT2D eigenvalue weighted by atomic mass is 10.0. The van der Waals surface area contributed by atoms with E-state index in [9.17, 15) is 0 Å². The first-order valence-corrected chi connectivity index (χ1v) is 6.94. The van der Waals surface area contributed by atoms with Crippen molar-refractivity contribution < 1.29 is 0 Å². The first-order chi connectivity index (χ1) is 7.65. The molecular weight excluding hydrogens is 306 g/mol. The summed E-state index contributed by atoms with van der Waals surface area (Å²) in [7, 11) is 0. The third kappa shape index (κ3) is 3.08. The largest absolute Gasteiger partial charge is 0.324 e. The predicted molar refractivity (Wildman–Crippen MR) is 74.1 cm³/mol. The molecule has 0 aliphatic carbocycles. The van der Waals surface area contributed by atoms with Gasteiger partial charge in [-0.3, -0.25) is 0 Å². The molecule has 0 aliphatic rings. The highest BCUT2D eigenvalue weighted by Gasteiger charge is 2.09. The van der Waals surface area contributed by atoms with E-state index >= 15 is 0 Å². The second-order valence-corrected chi connectivity index (χ2v) is 5.98. The van der Waals surface area contributed by atoms with E-state index in [1.165, 1.54) is 4.88 Å². The standard InChI is InChI=1S/C12H11BrClNS/c13-9-4-8(5-10(14)6-9)12(15)7-11-2-1-3-16-11/h1-6,12H,7,15H2. The van der Waals surface area contributed by atoms with Crippen LogP contribution in [0.2, 0.25) is 5.02 Å². The first-order valence-electron chi connectivity index (χ1n) is 4.89. The Labute approximate surface area is 112 Å². The highest BCUT2D eigenvalue weighted by molar-refractivity contribution is 9.10. The molecule has 1 nitrogen and oxygen atoms in total. The minimum Gasteiger partial charge on any atom is -0.324 e. The summed E-state index contributed by atoms with van der Waals surface area (Å²) in [6.07, 6.45) is 0.852. The van der Waals surface area contributed by atoms with Crippen LogP contribution in [0.1, 0.15) is 16.5 Å². The molecule has 2 aromatic rings. The molecule has 0 fully saturated rings. The van der Waals surface area contributed by atoms with Gasteiger partial charge in [0.05, 0.1) is 0 Å². The number of halogens is 2. The van der Waals surface area contributed by atoms with Crippen molar-refractivity contribution in [3.05, 3.63) is 55.6 Å². The van der Waals surface area contributed by atoms with Crippen LogP contribution in [0.5, 0.6) is 0 Å². The maximum Gasteiger partial charge on any atom is 0.0420 e. The van der Waals surface area contributed by atoms with Gasteiger partial charge in [0.25, 0.3) is 0 Å². The van der Waals surface area contributed by atoms with E-state index in [1.54, 1.807) is 11.3 Å². The van der Waals surface area contributed by atoms with Gasteiger partial charge in [0.2, 0.25) is 0 Å². The summed E-state index contributed by atoms with van der Waals surface area (Å²) in [6, 6.07) is 9.94. The van der Waals surface area contributed by atoms with Crippen molar-refractivity contribution in [1.82, 2.24) is 0 Å². The van der Waals surface area contributed by atoms with E-state index in [0.29, 0.717) is 5.02 Å². The van der Waals surface area contributed by atoms with Crippen molar-refractivity contribution in [1.29, 1.82) is 0 Å². The van der Waals surface area contributed by atoms with Crippen LogP contribution in [-0.2, 0) is 6.42 Å². The number of benzene rings is 1. The molecule has 0 spiro atoms. The summed E-state index contributed by atoms with van der Waals surface area (Å²) in [5, 5.41) is 2.78. The van der Waals surface area contributed by atoms with Gasteiger partial charge in [-0.05, 0) is 35.2 Å². The number of nitrogens with two attached hydrogens (primary N) is 1. The van der Waals surface area contributed by atoms with Crippen LogP contribution in [-0.4, -0.2) is 0 Å². The number of hydrogen-bond donors (Lipinski definition) is 1. The van der Waals surface area contributed by atoms with Gasteiger partial charge in [0, 0.05) is 26.8 Å². The molecule has 1 aromatic heterocycles. The number of rotatable bonds is 3. The SMILES string of the molecule is NC(Cc1cccs1)c1cc(Cl)cc(Br)c1. The zero-order valence-electron chi connectivity index (χ0n) is 8.49. The predicted octanol–water partition coefficient (Wildman–Crippen LogP) is 4.41. The topological polar surface area (TPSA) is 26.0 Å². The second kappa shape index (κ2) is 5.32. The molecule has 0 radical (unpaired) electrons. The highest BCUT2D eigenvalue weighted by Crippen LogP contribution is 2.25. The smallest absolute Gasteiger partial charge is 0.0420 e. The lowest BCUT2D eigenvalue weighted by Gasteiger charge is -2.11. The van der Waals surface area contributed by atoms with Crippen molar-refractivity contribution in [2.45, 2.75) is 12.5 Å². The molecule has 1 heterocycles. The Morgan fingerprint density at radius 2 is 2.19 bits per heavy atom. The van der Waals surface area contributed by atoms with Crippen molar-refractivity contribution in [3.8, 4) is 0 Å². The van der Waals surface area contributed by atoms with Crippen molar-refractivity contribution in [2.75, 3.05) is 0 Å². The Morgan fingerprint density at radius 3 is 2.81 bits per heavy atom. The lowest BCUT2D eigenvalue weighted by Crippen LogP contribution is -2.12. The highest BCUT2D eigenvalue weighted by atomic mass is 79.9. The Balaban J connectivity index is 2.17. The summed E-state index contributed by atoms with van der Waals surface area (Å²) in [6.45, 7) is 0. The molecule has 2 rings (SSSR count). The molecule has 4 heteroatoms. The summed E-state index contributed by atoms with van der Waals surface area (Å²) >= 11 is 11.1. The molecule has 2 N–H and O–H groups in total. The van der Waals surface area contributed by atoms with Gasteiger partial charge in [-0.2, -0.15) is 0 Å². The molecule has 0 saturated heterocycles. The summed E-state index contributed by atoms with van der Waals surface area (Å²) in [5.41, 5.74) is 7.21. The number of hydrogen-bond acceptors (Lipinski definition) is 2. The normalized spacial score (nSPS) is 12.7. The van der Waals surface area contributed by atoms with Crippen LogP contribution >= 0.6 is 38.9 Å². The maximum atomic E-state index is 6.15. The Bertz CT molecular complexity index is 450. The second-order valence-electron chi connectivity index (χ2n) is 3.59. The molecule has 0 bridgehead atoms. The molecule has 16 heavy (non-hydrogen) atoms. The van der Waals surface area contributed by atoms with Gasteiger partial charge in [0.1, 0.15) is 0 Å². The van der Waals surface area contributed by atoms with Crippen LogP contribution < -0.4 is 5.73 Å². The quantitative estimate of drug-likeness (QED) is 0.892. The zero-order valence-corrected chi connectivity index (χ0v) is 11.6. The summed E-state index contributed by atoms with van der Waals surface area (Å²) in [4.78, 5) is 1.29. The molecule has 1 unspecified atom stereocenters. The average Bonchev–Trinajstić information content (AvgIpc) is 2.68. The average molecular weight is 317 g/mol. The molecule has 0 amide bonds. The summed E-state index contributed by atoms with van der Waals surface area (Å²) in [5.74, 6) is 0. The van der Waals surface area contributed by atoms with E-state index in [-0.39, 0.29) is 6.04 Å². The van der Waals surface area contributed by atoms with Crippen LogP contribution in [0.25, 0.3) is 0 Å². The molecule has 1 aromatic carbocycles. The van der Waals surface area contributed by atoms with Crippen LogP contribution in [0.4, 0.5) is 0 Å². The van der Waals surface area contributed by atoms with Gasteiger partial charge < -0.3 is 5.73 Å². The van der Waals surface area contributed by atoms with E-state index in [2.05, 4.69) is 27.4 Å². The molecule has 1 atom stereocenters. The first kappa shape index (κ1) is 12.1. The molecule has 0 saturated carbocycles. The lowest BCUT2D eigenvalue weighted by molar-refractivity contribution is 0.730. The number of thiophene rings is 1. The van der Waals surface area contributed by atoms with Crippen molar-refractivity contribution in [2.24, 2.45) is 5.73 Å². The van der Waals surface area contributed by atoms with Gasteiger partial charge >= 0.3 is 0 Å². The van der Waals surface area contributed by atoms with Gasteiger partial charge in [-0.1, -0.05) is 33.6 Å². The summed E-state index contributed by atoms with van der Waals surface area (Å²) < 4.78 is 0.969.